The van der Waals surface area contributed by atoms with Gasteiger partial charge in [0.25, 0.3) is 5.89 Å². The summed E-state index contributed by atoms with van der Waals surface area (Å²) in [5.41, 5.74) is 1.71. The number of imidazole rings is 1. The van der Waals surface area contributed by atoms with E-state index in [0.717, 1.165) is 16.3 Å². The highest BCUT2D eigenvalue weighted by Gasteiger charge is 2.20. The molecule has 0 aromatic carbocycles. The molecule has 0 saturated heterocycles. The van der Waals surface area contributed by atoms with Gasteiger partial charge >= 0.3 is 0 Å². The Morgan fingerprint density at radius 3 is 2.95 bits per heavy atom. The first-order chi connectivity index (χ1) is 9.20. The summed E-state index contributed by atoms with van der Waals surface area (Å²) in [5.74, 6) is 1.59. The molecule has 0 fully saturated rings. The van der Waals surface area contributed by atoms with Crippen LogP contribution in [-0.2, 0) is 7.05 Å². The van der Waals surface area contributed by atoms with E-state index in [-0.39, 0.29) is 0 Å². The number of aromatic nitrogens is 5. The lowest BCUT2D eigenvalue weighted by Gasteiger charge is -1.96. The maximum Gasteiger partial charge on any atom is 0.263 e. The molecular formula is C11H12N6OS. The van der Waals surface area contributed by atoms with E-state index in [1.807, 2.05) is 31.8 Å². The van der Waals surface area contributed by atoms with Crippen LogP contribution < -0.4 is 5.32 Å². The number of aryl methyl sites for hydroxylation is 2. The van der Waals surface area contributed by atoms with Gasteiger partial charge in [-0.15, -0.1) is 0 Å². The summed E-state index contributed by atoms with van der Waals surface area (Å²) in [5, 5.41) is 7.96. The van der Waals surface area contributed by atoms with Crippen LogP contribution in [0.4, 0.5) is 5.00 Å². The summed E-state index contributed by atoms with van der Waals surface area (Å²) in [7, 11) is 3.72. The quantitative estimate of drug-likeness (QED) is 0.787. The number of hydrogen-bond donors (Lipinski definition) is 1. The minimum Gasteiger partial charge on any atom is -0.378 e. The fraction of sp³-hybridized carbons (Fsp3) is 0.273. The lowest BCUT2D eigenvalue weighted by molar-refractivity contribution is 0.431. The summed E-state index contributed by atoms with van der Waals surface area (Å²) in [6.45, 7) is 1.91. The number of hydrogen-bond acceptors (Lipinski definition) is 7. The van der Waals surface area contributed by atoms with Gasteiger partial charge in [-0.2, -0.15) is 9.36 Å². The molecule has 0 aliphatic rings. The summed E-state index contributed by atoms with van der Waals surface area (Å²) in [6, 6.07) is 0. The smallest absolute Gasteiger partial charge is 0.263 e. The first-order valence-corrected chi connectivity index (χ1v) is 6.44. The molecule has 19 heavy (non-hydrogen) atoms. The van der Waals surface area contributed by atoms with Crippen LogP contribution in [-0.4, -0.2) is 31.1 Å². The molecule has 3 heterocycles. The van der Waals surface area contributed by atoms with E-state index < -0.39 is 0 Å². The second-order valence-corrected chi connectivity index (χ2v) is 4.78. The summed E-state index contributed by atoms with van der Waals surface area (Å²) >= 11 is 1.37. The van der Waals surface area contributed by atoms with Crippen molar-refractivity contribution < 1.29 is 4.52 Å². The zero-order chi connectivity index (χ0) is 13.4. The maximum absolute atomic E-state index is 5.32. The first kappa shape index (κ1) is 11.8. The van der Waals surface area contributed by atoms with Gasteiger partial charge in [0.15, 0.2) is 5.82 Å². The molecule has 3 rings (SSSR count). The fourth-order valence-electron chi connectivity index (χ4n) is 1.79. The molecule has 0 aliphatic heterocycles. The third-order valence-corrected chi connectivity index (χ3v) is 3.71. The standard InChI is InChI=1S/C11H12N6OS/c1-6-7(11(12-2)19-16-6)10-14-8(15-18-10)9-13-4-5-17(9)3/h4-5,12H,1-3H3. The molecule has 0 aliphatic carbocycles. The van der Waals surface area contributed by atoms with Crippen molar-refractivity contribution in [3.05, 3.63) is 18.1 Å². The fourth-order valence-corrected chi connectivity index (χ4v) is 2.53. The minimum absolute atomic E-state index is 0.452. The minimum atomic E-state index is 0.452. The Morgan fingerprint density at radius 1 is 1.42 bits per heavy atom. The van der Waals surface area contributed by atoms with Gasteiger partial charge in [0, 0.05) is 26.5 Å². The van der Waals surface area contributed by atoms with Crippen LogP contribution >= 0.6 is 11.5 Å². The van der Waals surface area contributed by atoms with Gasteiger partial charge in [-0.1, -0.05) is 5.16 Å². The highest BCUT2D eigenvalue weighted by atomic mass is 32.1. The van der Waals surface area contributed by atoms with Crippen molar-refractivity contribution in [2.45, 2.75) is 6.92 Å². The van der Waals surface area contributed by atoms with Crippen molar-refractivity contribution in [3.63, 3.8) is 0 Å². The lowest BCUT2D eigenvalue weighted by Crippen LogP contribution is -1.93. The van der Waals surface area contributed by atoms with Crippen LogP contribution in [0.15, 0.2) is 16.9 Å². The van der Waals surface area contributed by atoms with Crippen molar-refractivity contribution in [2.24, 2.45) is 7.05 Å². The van der Waals surface area contributed by atoms with Crippen LogP contribution in [0.25, 0.3) is 23.1 Å². The van der Waals surface area contributed by atoms with Crippen LogP contribution in [0.5, 0.6) is 0 Å². The van der Waals surface area contributed by atoms with E-state index in [1.54, 1.807) is 6.20 Å². The van der Waals surface area contributed by atoms with E-state index >= 15 is 0 Å². The van der Waals surface area contributed by atoms with Crippen molar-refractivity contribution >= 4 is 16.5 Å². The molecule has 1 N–H and O–H groups in total. The first-order valence-electron chi connectivity index (χ1n) is 5.66. The van der Waals surface area contributed by atoms with Gasteiger partial charge in [0.2, 0.25) is 5.82 Å². The van der Waals surface area contributed by atoms with Gasteiger partial charge in [-0.05, 0) is 18.5 Å². The lowest BCUT2D eigenvalue weighted by atomic mass is 10.2. The zero-order valence-electron chi connectivity index (χ0n) is 10.7. The van der Waals surface area contributed by atoms with Crippen molar-refractivity contribution in [2.75, 3.05) is 12.4 Å². The van der Waals surface area contributed by atoms with E-state index in [9.17, 15) is 0 Å². The molecular weight excluding hydrogens is 264 g/mol. The van der Waals surface area contributed by atoms with Crippen molar-refractivity contribution in [1.29, 1.82) is 0 Å². The highest BCUT2D eigenvalue weighted by Crippen LogP contribution is 2.33. The largest absolute Gasteiger partial charge is 0.378 e. The predicted octanol–water partition coefficient (Wildman–Crippen LogP) is 1.94. The SMILES string of the molecule is CNc1snc(C)c1-c1nc(-c2nccn2C)no1. The van der Waals surface area contributed by atoms with Crippen LogP contribution in [0.3, 0.4) is 0 Å². The second-order valence-electron chi connectivity index (χ2n) is 4.01. The van der Waals surface area contributed by atoms with Gasteiger partial charge in [-0.25, -0.2) is 4.98 Å². The molecule has 0 bridgehead atoms. The molecule has 0 radical (unpaired) electrons. The summed E-state index contributed by atoms with van der Waals surface area (Å²) in [4.78, 5) is 8.59. The molecule has 3 aromatic rings. The van der Waals surface area contributed by atoms with Gasteiger partial charge in [0.05, 0.1) is 11.3 Å². The van der Waals surface area contributed by atoms with E-state index in [1.165, 1.54) is 11.5 Å². The Balaban J connectivity index is 2.06. The third kappa shape index (κ3) is 1.89. The molecule has 0 spiro atoms. The maximum atomic E-state index is 5.32. The topological polar surface area (TPSA) is 81.7 Å². The van der Waals surface area contributed by atoms with Gasteiger partial charge < -0.3 is 14.4 Å². The molecule has 0 saturated carbocycles. The number of nitrogens with one attached hydrogen (secondary N) is 1. The number of nitrogens with zero attached hydrogens (tertiary/aromatic N) is 5. The molecule has 0 amide bonds. The summed E-state index contributed by atoms with van der Waals surface area (Å²) in [6.07, 6.45) is 3.53. The highest BCUT2D eigenvalue weighted by molar-refractivity contribution is 7.10. The predicted molar refractivity (Wildman–Crippen MR) is 71.9 cm³/mol. The molecule has 7 nitrogen and oxygen atoms in total. The Labute approximate surface area is 113 Å². The molecule has 0 atom stereocenters. The van der Waals surface area contributed by atoms with E-state index in [2.05, 4.69) is 24.8 Å². The Morgan fingerprint density at radius 2 is 2.26 bits per heavy atom. The third-order valence-electron chi connectivity index (χ3n) is 2.75. The van der Waals surface area contributed by atoms with Crippen LogP contribution in [0.1, 0.15) is 5.69 Å². The zero-order valence-corrected chi connectivity index (χ0v) is 11.5. The summed E-state index contributed by atoms with van der Waals surface area (Å²) < 4.78 is 11.4. The Kier molecular flexibility index (Phi) is 2.79. The molecule has 8 heteroatoms. The average molecular weight is 276 g/mol. The second kappa shape index (κ2) is 4.47. The van der Waals surface area contributed by atoms with Gasteiger partial charge in [0.1, 0.15) is 5.00 Å². The number of rotatable bonds is 3. The van der Waals surface area contributed by atoms with Gasteiger partial charge in [-0.3, -0.25) is 0 Å². The average Bonchev–Trinajstić information content (AvgIpc) is 3.08. The van der Waals surface area contributed by atoms with Crippen LogP contribution in [0.2, 0.25) is 0 Å². The molecule has 3 aromatic heterocycles. The van der Waals surface area contributed by atoms with E-state index in [0.29, 0.717) is 17.5 Å². The molecule has 0 unspecified atom stereocenters. The Bertz CT molecular complexity index is 712. The van der Waals surface area contributed by atoms with Crippen molar-refractivity contribution in [3.8, 4) is 23.1 Å². The number of anilines is 1. The molecule has 98 valence electrons. The van der Waals surface area contributed by atoms with Crippen LogP contribution in [0, 0.1) is 6.92 Å². The van der Waals surface area contributed by atoms with E-state index in [4.69, 9.17) is 4.52 Å². The monoisotopic (exact) mass is 276 g/mol. The normalized spacial score (nSPS) is 10.9. The Hall–Kier alpha value is -2.22. The van der Waals surface area contributed by atoms with Crippen molar-refractivity contribution in [1.82, 2.24) is 24.1 Å².